The van der Waals surface area contributed by atoms with Gasteiger partial charge in [0.1, 0.15) is 11.8 Å². The van der Waals surface area contributed by atoms with E-state index < -0.39 is 12.0 Å². The Bertz CT molecular complexity index is 2180. The van der Waals surface area contributed by atoms with Gasteiger partial charge in [-0.15, -0.1) is 0 Å². The van der Waals surface area contributed by atoms with Crippen LogP contribution in [0.2, 0.25) is 10.0 Å². The molecule has 3 aromatic carbocycles. The zero-order valence-corrected chi connectivity index (χ0v) is 27.6. The van der Waals surface area contributed by atoms with Gasteiger partial charge in [-0.3, -0.25) is 9.36 Å². The summed E-state index contributed by atoms with van der Waals surface area (Å²) in [5, 5.41) is 2.18. The van der Waals surface area contributed by atoms with Gasteiger partial charge in [0.15, 0.2) is 4.80 Å². The van der Waals surface area contributed by atoms with Gasteiger partial charge in [-0.2, -0.15) is 0 Å². The number of fused-ring (bicyclic) bond motifs is 2. The number of esters is 1. The Balaban J connectivity index is 1.56. The summed E-state index contributed by atoms with van der Waals surface area (Å²) in [5.74, 6) is 0.0833. The van der Waals surface area contributed by atoms with Crippen LogP contribution in [0.5, 0.6) is 5.75 Å². The summed E-state index contributed by atoms with van der Waals surface area (Å²) in [6.07, 6.45) is 1.93. The molecule has 7 nitrogen and oxygen atoms in total. The van der Waals surface area contributed by atoms with Crippen LogP contribution >= 0.6 is 34.5 Å². The molecule has 1 atom stereocenters. The first-order valence-corrected chi connectivity index (χ1v) is 16.2. The Morgan fingerprint density at radius 1 is 1.02 bits per heavy atom. The molecule has 0 fully saturated rings. The smallest absolute Gasteiger partial charge is 0.338 e. The van der Waals surface area contributed by atoms with E-state index in [1.54, 1.807) is 24.5 Å². The summed E-state index contributed by atoms with van der Waals surface area (Å²) in [5.41, 5.74) is 5.12. The molecule has 0 unspecified atom stereocenters. The Morgan fingerprint density at radius 3 is 2.53 bits per heavy atom. The predicted molar refractivity (Wildman–Crippen MR) is 180 cm³/mol. The van der Waals surface area contributed by atoms with Crippen LogP contribution in [-0.4, -0.2) is 28.3 Å². The van der Waals surface area contributed by atoms with Crippen molar-refractivity contribution in [1.82, 2.24) is 9.13 Å². The number of ether oxygens (including phenoxy) is 2. The van der Waals surface area contributed by atoms with Crippen LogP contribution in [0.3, 0.4) is 0 Å². The van der Waals surface area contributed by atoms with Crippen LogP contribution in [0.1, 0.15) is 49.2 Å². The minimum Gasteiger partial charge on any atom is -0.494 e. The van der Waals surface area contributed by atoms with E-state index in [4.69, 9.17) is 37.7 Å². The average Bonchev–Trinajstić information content (AvgIpc) is 3.46. The van der Waals surface area contributed by atoms with Gasteiger partial charge in [0.05, 0.1) is 29.0 Å². The van der Waals surface area contributed by atoms with Crippen molar-refractivity contribution in [2.75, 3.05) is 13.2 Å². The first-order chi connectivity index (χ1) is 21.7. The van der Waals surface area contributed by atoms with Crippen LogP contribution in [0.15, 0.2) is 87.8 Å². The van der Waals surface area contributed by atoms with E-state index in [0.29, 0.717) is 55.1 Å². The number of halogens is 2. The fraction of sp³-hybridized carbons (Fsp3) is 0.229. The predicted octanol–water partition coefficient (Wildman–Crippen LogP) is 6.82. The minimum absolute atomic E-state index is 0.199. The number of thiazole rings is 1. The highest BCUT2D eigenvalue weighted by Gasteiger charge is 2.35. The van der Waals surface area contributed by atoms with Crippen molar-refractivity contribution in [3.8, 4) is 5.75 Å². The fourth-order valence-electron chi connectivity index (χ4n) is 5.87. The molecule has 1 aliphatic heterocycles. The van der Waals surface area contributed by atoms with Gasteiger partial charge in [0, 0.05) is 44.3 Å². The average molecular weight is 661 g/mol. The summed E-state index contributed by atoms with van der Waals surface area (Å²) in [6, 6.07) is 20.3. The fourth-order valence-corrected chi connectivity index (χ4v) is 7.37. The van der Waals surface area contributed by atoms with Crippen LogP contribution in [0, 0.1) is 6.92 Å². The molecule has 3 heterocycles. The molecule has 5 aromatic rings. The summed E-state index contributed by atoms with van der Waals surface area (Å²) >= 11 is 14.0. The van der Waals surface area contributed by atoms with E-state index in [-0.39, 0.29) is 12.2 Å². The number of carbonyl (C=O) groups is 1. The van der Waals surface area contributed by atoms with Gasteiger partial charge in [-0.05, 0) is 63.6 Å². The van der Waals surface area contributed by atoms with Crippen molar-refractivity contribution in [3.63, 3.8) is 0 Å². The highest BCUT2D eigenvalue weighted by Crippen LogP contribution is 2.36. The second-order valence-corrected chi connectivity index (χ2v) is 12.5. The van der Waals surface area contributed by atoms with E-state index in [1.165, 1.54) is 11.3 Å². The maximum atomic E-state index is 14.4. The summed E-state index contributed by atoms with van der Waals surface area (Å²) < 4.78 is 15.7. The van der Waals surface area contributed by atoms with Gasteiger partial charge in [-0.1, -0.05) is 77.0 Å². The SMILES string of the molecule is CCOC(=O)C1=C(C)N=c2s/c(=C\c3c(C)n(Cc4ccc(Cl)cc4Cl)c4ccccc34)c(=O)n2[C@@H]1c1ccccc1OCC. The highest BCUT2D eigenvalue weighted by molar-refractivity contribution is 7.07. The van der Waals surface area contributed by atoms with E-state index in [1.807, 2.05) is 68.5 Å². The van der Waals surface area contributed by atoms with Gasteiger partial charge >= 0.3 is 5.97 Å². The molecule has 0 N–H and O–H groups in total. The molecule has 2 aromatic heterocycles. The molecule has 1 aliphatic rings. The number of allylic oxidation sites excluding steroid dienone is 1. The molecule has 0 saturated heterocycles. The molecule has 0 spiro atoms. The van der Waals surface area contributed by atoms with E-state index in [2.05, 4.69) is 16.7 Å². The van der Waals surface area contributed by atoms with Crippen molar-refractivity contribution >= 4 is 57.5 Å². The topological polar surface area (TPSA) is 74.8 Å². The number of para-hydroxylation sites is 2. The van der Waals surface area contributed by atoms with Crippen molar-refractivity contribution in [2.24, 2.45) is 4.99 Å². The summed E-state index contributed by atoms with van der Waals surface area (Å²) in [6.45, 7) is 8.63. The lowest BCUT2D eigenvalue weighted by molar-refractivity contribution is -0.139. The van der Waals surface area contributed by atoms with Crippen molar-refractivity contribution in [3.05, 3.63) is 130 Å². The third-order valence-electron chi connectivity index (χ3n) is 7.93. The van der Waals surface area contributed by atoms with Gasteiger partial charge in [0.25, 0.3) is 5.56 Å². The zero-order valence-electron chi connectivity index (χ0n) is 25.3. The second kappa shape index (κ2) is 12.7. The van der Waals surface area contributed by atoms with Crippen LogP contribution in [-0.2, 0) is 16.1 Å². The lowest BCUT2D eigenvalue weighted by Crippen LogP contribution is -2.40. The van der Waals surface area contributed by atoms with Crippen LogP contribution < -0.4 is 19.6 Å². The molecule has 10 heteroatoms. The zero-order chi connectivity index (χ0) is 31.8. The number of hydrogen-bond acceptors (Lipinski definition) is 6. The number of aromatic nitrogens is 2. The monoisotopic (exact) mass is 659 g/mol. The van der Waals surface area contributed by atoms with Crippen molar-refractivity contribution in [1.29, 1.82) is 0 Å². The highest BCUT2D eigenvalue weighted by atomic mass is 35.5. The molecule has 45 heavy (non-hydrogen) atoms. The van der Waals surface area contributed by atoms with Crippen LogP contribution in [0.4, 0.5) is 0 Å². The lowest BCUT2D eigenvalue weighted by Gasteiger charge is -2.26. The number of hydrogen-bond donors (Lipinski definition) is 0. The Labute approximate surface area is 274 Å². The maximum Gasteiger partial charge on any atom is 0.338 e. The third-order valence-corrected chi connectivity index (χ3v) is 9.50. The molecule has 6 rings (SSSR count). The van der Waals surface area contributed by atoms with E-state index in [9.17, 15) is 9.59 Å². The molecular weight excluding hydrogens is 629 g/mol. The third kappa shape index (κ3) is 5.63. The first kappa shape index (κ1) is 30.9. The summed E-state index contributed by atoms with van der Waals surface area (Å²) in [7, 11) is 0. The maximum absolute atomic E-state index is 14.4. The molecule has 0 amide bonds. The Kier molecular flexibility index (Phi) is 8.73. The van der Waals surface area contributed by atoms with Crippen molar-refractivity contribution in [2.45, 2.75) is 40.3 Å². The molecule has 0 radical (unpaired) electrons. The van der Waals surface area contributed by atoms with Gasteiger partial charge in [-0.25, -0.2) is 9.79 Å². The largest absolute Gasteiger partial charge is 0.494 e. The molecule has 0 bridgehead atoms. The number of benzene rings is 3. The van der Waals surface area contributed by atoms with Crippen molar-refractivity contribution < 1.29 is 14.3 Å². The second-order valence-electron chi connectivity index (χ2n) is 10.6. The molecule has 0 saturated carbocycles. The molecule has 230 valence electrons. The van der Waals surface area contributed by atoms with Gasteiger partial charge in [0.2, 0.25) is 0 Å². The van der Waals surface area contributed by atoms with Gasteiger partial charge < -0.3 is 14.0 Å². The van der Waals surface area contributed by atoms with E-state index >= 15 is 0 Å². The van der Waals surface area contributed by atoms with E-state index in [0.717, 1.165) is 27.7 Å². The summed E-state index contributed by atoms with van der Waals surface area (Å²) in [4.78, 5) is 32.9. The molecule has 0 aliphatic carbocycles. The standard InChI is InChI=1S/C35H31Cl2N3O4S/c1-5-43-29-14-10-8-12-25(29)32-31(34(42)44-6-2)20(3)38-35-40(32)33(41)30(45-35)18-26-21(4)39(28-13-9-7-11-24(26)28)19-22-15-16-23(36)17-27(22)37/h7-18,32H,5-6,19H2,1-4H3/b30-18-/t32-/m1/s1. The number of nitrogens with zero attached hydrogens (tertiary/aromatic N) is 3. The van der Waals surface area contributed by atoms with Crippen LogP contribution in [0.25, 0.3) is 17.0 Å². The Morgan fingerprint density at radius 2 is 1.78 bits per heavy atom. The number of rotatable bonds is 8. The normalized spacial score (nSPS) is 14.9. The number of carbonyl (C=O) groups excluding carboxylic acids is 1. The quantitative estimate of drug-likeness (QED) is 0.171. The Hall–Kier alpha value is -4.11. The molecular formula is C35H31Cl2N3O4S. The lowest BCUT2D eigenvalue weighted by atomic mass is 9.95. The minimum atomic E-state index is -0.764. The first-order valence-electron chi connectivity index (χ1n) is 14.7.